The second-order valence-corrected chi connectivity index (χ2v) is 5.46. The molecule has 3 heteroatoms. The van der Waals surface area contributed by atoms with E-state index in [4.69, 9.17) is 0 Å². The normalized spacial score (nSPS) is 30.6. The Bertz CT molecular complexity index is 294. The summed E-state index contributed by atoms with van der Waals surface area (Å²) in [5.74, 6) is -0.207. The zero-order chi connectivity index (χ0) is 9.26. The SMILES string of the molecule is FC1=CC=C[CH]1[Ti][CH]1C=CC=C1F. The molecule has 0 spiro atoms. The fourth-order valence-electron chi connectivity index (χ4n) is 1.37. The molecule has 0 N–H and O–H groups in total. The van der Waals surface area contributed by atoms with Crippen molar-refractivity contribution in [3.8, 4) is 0 Å². The van der Waals surface area contributed by atoms with Crippen LogP contribution in [-0.4, -0.2) is 0 Å². The molecule has 66 valence electrons. The van der Waals surface area contributed by atoms with Crippen molar-refractivity contribution >= 4 is 0 Å². The molecule has 0 aromatic heterocycles. The Balaban J connectivity index is 1.99. The van der Waals surface area contributed by atoms with Crippen molar-refractivity contribution in [3.05, 3.63) is 48.1 Å². The number of hydrogen-bond acceptors (Lipinski definition) is 0. The van der Waals surface area contributed by atoms with Crippen LogP contribution in [0.5, 0.6) is 0 Å². The Hall–Kier alpha value is -0.466. The van der Waals surface area contributed by atoms with Gasteiger partial charge in [0.25, 0.3) is 0 Å². The molecule has 0 heterocycles. The molecule has 0 aromatic carbocycles. The molecule has 0 aliphatic heterocycles. The van der Waals surface area contributed by atoms with E-state index in [0.717, 1.165) is 0 Å². The van der Waals surface area contributed by atoms with Crippen LogP contribution in [-0.2, 0) is 19.2 Å². The molecule has 0 nitrogen and oxygen atoms in total. The second-order valence-electron chi connectivity index (χ2n) is 2.99. The molecular formula is C10H8F2Ti. The fraction of sp³-hybridized carbons (Fsp3) is 0.200. The van der Waals surface area contributed by atoms with Crippen molar-refractivity contribution in [2.75, 3.05) is 0 Å². The summed E-state index contributed by atoms with van der Waals surface area (Å²) in [6, 6.07) is 0. The van der Waals surface area contributed by atoms with Crippen molar-refractivity contribution in [2.24, 2.45) is 0 Å². The van der Waals surface area contributed by atoms with Crippen LogP contribution >= 0.6 is 0 Å². The maximum atomic E-state index is 13.0. The molecule has 2 unspecified atom stereocenters. The number of allylic oxidation sites excluding steroid dienone is 8. The third-order valence-corrected chi connectivity index (χ3v) is 4.66. The van der Waals surface area contributed by atoms with Gasteiger partial charge in [0.05, 0.1) is 0 Å². The molecule has 0 saturated heterocycles. The van der Waals surface area contributed by atoms with Gasteiger partial charge in [0.1, 0.15) is 0 Å². The minimum atomic E-state index is -0.662. The van der Waals surface area contributed by atoms with Crippen LogP contribution in [0.25, 0.3) is 0 Å². The van der Waals surface area contributed by atoms with E-state index >= 15 is 0 Å². The van der Waals surface area contributed by atoms with Crippen LogP contribution in [0, 0.1) is 0 Å². The predicted octanol–water partition coefficient (Wildman–Crippen LogP) is 3.49. The Morgan fingerprint density at radius 2 is 1.38 bits per heavy atom. The minimum absolute atomic E-state index is 0.104. The van der Waals surface area contributed by atoms with Gasteiger partial charge in [-0.3, -0.25) is 0 Å². The average molecular weight is 214 g/mol. The van der Waals surface area contributed by atoms with Gasteiger partial charge in [0.2, 0.25) is 0 Å². The maximum absolute atomic E-state index is 13.0. The van der Waals surface area contributed by atoms with Crippen LogP contribution < -0.4 is 0 Å². The van der Waals surface area contributed by atoms with E-state index in [0.29, 0.717) is 0 Å². The van der Waals surface area contributed by atoms with E-state index in [1.807, 2.05) is 12.2 Å². The molecule has 0 amide bonds. The predicted molar refractivity (Wildman–Crippen MR) is 44.2 cm³/mol. The van der Waals surface area contributed by atoms with Gasteiger partial charge in [-0.15, -0.1) is 0 Å². The van der Waals surface area contributed by atoms with Crippen LogP contribution in [0.4, 0.5) is 8.78 Å². The summed E-state index contributed by atoms with van der Waals surface area (Å²) in [6.07, 6.45) is 10.0. The molecule has 13 heavy (non-hydrogen) atoms. The number of rotatable bonds is 2. The molecule has 0 fully saturated rings. The first-order chi connectivity index (χ1) is 6.27. The summed E-state index contributed by atoms with van der Waals surface area (Å²) in [7, 11) is 0. The first-order valence-electron chi connectivity index (χ1n) is 4.11. The van der Waals surface area contributed by atoms with Crippen molar-refractivity contribution in [1.82, 2.24) is 0 Å². The molecular weight excluding hydrogens is 206 g/mol. The van der Waals surface area contributed by atoms with Gasteiger partial charge in [-0.05, 0) is 0 Å². The Kier molecular flexibility index (Phi) is 2.61. The third-order valence-electron chi connectivity index (χ3n) is 2.07. The zero-order valence-electron chi connectivity index (χ0n) is 6.87. The fourth-order valence-corrected chi connectivity index (χ4v) is 3.47. The van der Waals surface area contributed by atoms with Crippen molar-refractivity contribution in [2.45, 2.75) is 8.45 Å². The average Bonchev–Trinajstić information content (AvgIpc) is 2.65. The molecule has 2 atom stereocenters. The third kappa shape index (κ3) is 1.89. The zero-order valence-corrected chi connectivity index (χ0v) is 8.44. The molecule has 0 bridgehead atoms. The standard InChI is InChI=1S/2C5H4F.Ti/c2*6-5-3-1-2-4-5;/h2*1-4H;. The van der Waals surface area contributed by atoms with Gasteiger partial charge in [0.15, 0.2) is 0 Å². The first-order valence-corrected chi connectivity index (χ1v) is 5.91. The molecule has 0 aromatic rings. The van der Waals surface area contributed by atoms with E-state index in [1.165, 1.54) is 12.2 Å². The molecule has 0 radical (unpaired) electrons. The Morgan fingerprint density at radius 3 is 1.69 bits per heavy atom. The molecule has 0 saturated carbocycles. The molecule has 2 aliphatic carbocycles. The quantitative estimate of drug-likeness (QED) is 0.617. The van der Waals surface area contributed by atoms with E-state index in [1.54, 1.807) is 12.2 Å². The first kappa shape index (κ1) is 9.10. The van der Waals surface area contributed by atoms with Crippen LogP contribution in [0.2, 0.25) is 8.45 Å². The van der Waals surface area contributed by atoms with E-state index in [-0.39, 0.29) is 20.1 Å². The van der Waals surface area contributed by atoms with E-state index < -0.39 is 19.2 Å². The summed E-state index contributed by atoms with van der Waals surface area (Å²) in [5.41, 5.74) is 0. The number of hydrogen-bond donors (Lipinski definition) is 0. The molecule has 2 rings (SSSR count). The van der Waals surface area contributed by atoms with E-state index in [2.05, 4.69) is 0 Å². The van der Waals surface area contributed by atoms with Gasteiger partial charge < -0.3 is 0 Å². The number of halogens is 2. The van der Waals surface area contributed by atoms with Gasteiger partial charge in [0, 0.05) is 0 Å². The van der Waals surface area contributed by atoms with Crippen LogP contribution in [0.3, 0.4) is 0 Å². The van der Waals surface area contributed by atoms with Crippen molar-refractivity contribution < 1.29 is 27.9 Å². The van der Waals surface area contributed by atoms with Gasteiger partial charge in [-0.1, -0.05) is 0 Å². The van der Waals surface area contributed by atoms with Crippen LogP contribution in [0.15, 0.2) is 48.1 Å². The Labute approximate surface area is 84.6 Å². The second kappa shape index (κ2) is 3.73. The van der Waals surface area contributed by atoms with Crippen molar-refractivity contribution in [3.63, 3.8) is 0 Å². The van der Waals surface area contributed by atoms with Crippen molar-refractivity contribution in [1.29, 1.82) is 0 Å². The van der Waals surface area contributed by atoms with Gasteiger partial charge in [-0.2, -0.15) is 0 Å². The summed E-state index contributed by atoms with van der Waals surface area (Å²) in [5, 5.41) is 0. The van der Waals surface area contributed by atoms with E-state index in [9.17, 15) is 8.78 Å². The topological polar surface area (TPSA) is 0 Å². The monoisotopic (exact) mass is 214 g/mol. The summed E-state index contributed by atoms with van der Waals surface area (Å²) < 4.78 is 25.9. The van der Waals surface area contributed by atoms with Gasteiger partial charge >= 0.3 is 84.5 Å². The summed E-state index contributed by atoms with van der Waals surface area (Å²) >= 11 is -0.662. The van der Waals surface area contributed by atoms with Crippen LogP contribution in [0.1, 0.15) is 0 Å². The Morgan fingerprint density at radius 1 is 0.923 bits per heavy atom. The van der Waals surface area contributed by atoms with Gasteiger partial charge in [-0.25, -0.2) is 0 Å². The summed E-state index contributed by atoms with van der Waals surface area (Å²) in [6.45, 7) is 0. The molecule has 2 aliphatic rings. The summed E-state index contributed by atoms with van der Waals surface area (Å²) in [4.78, 5) is 0.